The number of fused-ring (bicyclic) bond motifs is 16. The molecule has 15 rings (SSSR count). The van der Waals surface area contributed by atoms with Crippen LogP contribution in [0.4, 0.5) is 45.5 Å². The van der Waals surface area contributed by atoms with E-state index in [9.17, 15) is 0 Å². The molecule has 9 aromatic rings. The van der Waals surface area contributed by atoms with Gasteiger partial charge in [-0.2, -0.15) is 0 Å². The second-order valence-electron chi connectivity index (χ2n) is 25.1. The predicted molar refractivity (Wildman–Crippen MR) is 315 cm³/mol. The van der Waals surface area contributed by atoms with Gasteiger partial charge in [-0.25, -0.2) is 0 Å². The predicted octanol–water partition coefficient (Wildman–Crippen LogP) is 16.3. The summed E-state index contributed by atoms with van der Waals surface area (Å²) < 4.78 is 2.66. The van der Waals surface area contributed by atoms with Gasteiger partial charge in [0.1, 0.15) is 7.28 Å². The number of anilines is 8. The summed E-state index contributed by atoms with van der Waals surface area (Å²) in [7, 11) is 2.55. The van der Waals surface area contributed by atoms with E-state index in [4.69, 9.17) is 0 Å². The fourth-order valence-corrected chi connectivity index (χ4v) is 15.9. The Kier molecular flexibility index (Phi) is 8.96. The van der Waals surface area contributed by atoms with Crippen LogP contribution >= 0.6 is 11.3 Å². The minimum Gasteiger partial charge on any atom is -0.334 e. The molecule has 357 valence electrons. The van der Waals surface area contributed by atoms with Crippen LogP contribution in [0, 0.1) is 6.92 Å². The second kappa shape index (κ2) is 14.8. The van der Waals surface area contributed by atoms with Crippen molar-refractivity contribution in [1.29, 1.82) is 0 Å². The first kappa shape index (κ1) is 44.0. The quantitative estimate of drug-likeness (QED) is 0.163. The van der Waals surface area contributed by atoms with E-state index in [1.54, 1.807) is 0 Å². The zero-order valence-electron chi connectivity index (χ0n) is 43.8. The molecule has 1 saturated heterocycles. The highest BCUT2D eigenvalue weighted by Gasteiger charge is 2.58. The maximum Gasteiger partial charge on any atom is 0.252 e. The number of aryl methyl sites for hydroxylation is 1. The normalized spacial score (nSPS) is 21.9. The topological polar surface area (TPSA) is 9.72 Å². The molecular formula is C67H62B2N3S. The first-order valence-corrected chi connectivity index (χ1v) is 27.9. The highest BCUT2D eigenvalue weighted by molar-refractivity contribution is 7.25. The van der Waals surface area contributed by atoms with Crippen molar-refractivity contribution in [2.24, 2.45) is 0 Å². The molecular weight excluding hydrogens is 900 g/mol. The first-order valence-electron chi connectivity index (χ1n) is 27.1. The molecule has 4 atom stereocenters. The third-order valence-electron chi connectivity index (χ3n) is 18.8. The Morgan fingerprint density at radius 2 is 1.23 bits per heavy atom. The Labute approximate surface area is 437 Å². The summed E-state index contributed by atoms with van der Waals surface area (Å²) >= 11 is 1.90. The summed E-state index contributed by atoms with van der Waals surface area (Å²) in [6.45, 7) is 21.7. The van der Waals surface area contributed by atoms with E-state index in [1.807, 2.05) is 11.3 Å². The van der Waals surface area contributed by atoms with Gasteiger partial charge in [0.25, 0.3) is 6.71 Å². The average molecular weight is 963 g/mol. The standard InChI is InChI=1S/C67H62B2N3S/c1-39-33-56-63-57(34-39)71(54-21-16-20-47-60(54)45-18-10-11-19-46(45)61-62(47)68-61)53-29-24-41(65(5,6)7)36-51(53)69(63)50-27-25-43(38-55(50)70(56)42-26-30-59-48(37-42)44-17-12-13-22-58(44)73-59)72-52-28-23-40(64(2,3)4)35-49(52)66(8)31-14-15-32-67(66,72)9/h10-13,16-30,33-38,61-62H,14-15,31-32H2,1-9H3. The number of hydrogen-bond acceptors (Lipinski definition) is 4. The monoisotopic (exact) mass is 962 g/mol. The highest BCUT2D eigenvalue weighted by Crippen LogP contribution is 2.63. The van der Waals surface area contributed by atoms with Gasteiger partial charge in [0.2, 0.25) is 0 Å². The van der Waals surface area contributed by atoms with Gasteiger partial charge in [0.15, 0.2) is 0 Å². The molecule has 0 bridgehead atoms. The van der Waals surface area contributed by atoms with Crippen LogP contribution in [0.2, 0.25) is 0 Å². The van der Waals surface area contributed by atoms with Crippen molar-refractivity contribution >= 4 is 107 Å². The summed E-state index contributed by atoms with van der Waals surface area (Å²) in [6, 6.07) is 60.2. The average Bonchev–Trinajstić information content (AvgIpc) is 4.06. The lowest BCUT2D eigenvalue weighted by atomic mass is 9.33. The summed E-state index contributed by atoms with van der Waals surface area (Å²) in [6.07, 6.45) is 4.86. The summed E-state index contributed by atoms with van der Waals surface area (Å²) in [5.41, 5.74) is 25.5. The molecule has 4 unspecified atom stereocenters. The highest BCUT2D eigenvalue weighted by atomic mass is 32.1. The number of nitrogens with zero attached hydrogens (tertiary/aromatic N) is 3. The molecule has 1 radical (unpaired) electrons. The fraction of sp³-hybridized carbons (Fsp3) is 0.284. The number of benzene rings is 8. The first-order chi connectivity index (χ1) is 35.1. The van der Waals surface area contributed by atoms with Gasteiger partial charge in [-0.05, 0) is 171 Å². The van der Waals surface area contributed by atoms with Crippen LogP contribution in [-0.4, -0.2) is 19.5 Å². The van der Waals surface area contributed by atoms with Crippen LogP contribution in [0.5, 0.6) is 0 Å². The molecule has 8 aromatic carbocycles. The SMILES string of the molecule is Cc1cc2c3c(c1)N(c1cccc4c1-c1ccccc1C1[B]C41)c1ccc(C(C)(C)C)cc1B3c1ccc(N3c4ccc(C(C)(C)C)cc4C4(C)CCCCC34C)cc1N2c1ccc2sc3ccccc3c2c1. The summed E-state index contributed by atoms with van der Waals surface area (Å²) in [5, 5.41) is 2.64. The van der Waals surface area contributed by atoms with Gasteiger partial charge >= 0.3 is 0 Å². The van der Waals surface area contributed by atoms with Crippen molar-refractivity contribution in [2.45, 2.75) is 121 Å². The molecule has 0 spiro atoms. The lowest BCUT2D eigenvalue weighted by Gasteiger charge is -2.50. The minimum atomic E-state index is -0.0841. The molecule has 0 N–H and O–H groups in total. The minimum absolute atomic E-state index is 0.00821. The lowest BCUT2D eigenvalue weighted by molar-refractivity contribution is 0.195. The van der Waals surface area contributed by atoms with Crippen LogP contribution in [0.3, 0.4) is 0 Å². The molecule has 6 heteroatoms. The van der Waals surface area contributed by atoms with Crippen molar-refractivity contribution in [3.8, 4) is 11.1 Å². The van der Waals surface area contributed by atoms with E-state index in [1.165, 1.54) is 146 Å². The van der Waals surface area contributed by atoms with Crippen molar-refractivity contribution in [3.05, 3.63) is 185 Å². The fourth-order valence-electron chi connectivity index (χ4n) is 14.8. The molecule has 1 saturated carbocycles. The van der Waals surface area contributed by atoms with E-state index in [2.05, 4.69) is 236 Å². The Bertz CT molecular complexity index is 3870. The van der Waals surface area contributed by atoms with Gasteiger partial charge in [-0.1, -0.05) is 146 Å². The Morgan fingerprint density at radius 3 is 2.05 bits per heavy atom. The Morgan fingerprint density at radius 1 is 0.548 bits per heavy atom. The van der Waals surface area contributed by atoms with E-state index >= 15 is 0 Å². The molecule has 4 aliphatic heterocycles. The van der Waals surface area contributed by atoms with Gasteiger partial charge in [0.05, 0.1) is 11.2 Å². The van der Waals surface area contributed by atoms with Crippen LogP contribution in [-0.2, 0) is 16.2 Å². The van der Waals surface area contributed by atoms with Crippen molar-refractivity contribution in [3.63, 3.8) is 0 Å². The summed E-state index contributed by atoms with van der Waals surface area (Å²) in [5.74, 6) is 0.947. The number of thiophene rings is 1. The maximum absolute atomic E-state index is 2.80. The molecule has 6 aliphatic rings. The van der Waals surface area contributed by atoms with Crippen molar-refractivity contribution in [1.82, 2.24) is 0 Å². The van der Waals surface area contributed by atoms with E-state index < -0.39 is 0 Å². The van der Waals surface area contributed by atoms with Gasteiger partial charge in [-0.3, -0.25) is 0 Å². The van der Waals surface area contributed by atoms with E-state index in [0.717, 1.165) is 6.42 Å². The molecule has 1 aromatic heterocycles. The zero-order valence-corrected chi connectivity index (χ0v) is 44.6. The number of rotatable bonds is 3. The second-order valence-corrected chi connectivity index (χ2v) is 26.2. The van der Waals surface area contributed by atoms with Crippen LogP contribution in [0.25, 0.3) is 31.3 Å². The van der Waals surface area contributed by atoms with Crippen LogP contribution in [0.15, 0.2) is 152 Å². The van der Waals surface area contributed by atoms with Gasteiger partial charge < -0.3 is 14.7 Å². The Hall–Kier alpha value is -6.49. The van der Waals surface area contributed by atoms with Crippen molar-refractivity contribution in [2.75, 3.05) is 14.7 Å². The largest absolute Gasteiger partial charge is 0.334 e. The number of hydrogen-bond donors (Lipinski definition) is 0. The molecule has 73 heavy (non-hydrogen) atoms. The molecule has 3 nitrogen and oxygen atoms in total. The zero-order chi connectivity index (χ0) is 49.7. The molecule has 2 fully saturated rings. The smallest absolute Gasteiger partial charge is 0.252 e. The Balaban J connectivity index is 1.02. The molecule has 2 aliphatic carbocycles. The third-order valence-corrected chi connectivity index (χ3v) is 20.0. The van der Waals surface area contributed by atoms with Crippen molar-refractivity contribution < 1.29 is 0 Å². The van der Waals surface area contributed by atoms with Crippen LogP contribution < -0.4 is 31.1 Å². The molecule has 0 amide bonds. The van der Waals surface area contributed by atoms with Gasteiger partial charge in [-0.15, -0.1) is 11.3 Å². The van der Waals surface area contributed by atoms with E-state index in [-0.39, 0.29) is 28.5 Å². The summed E-state index contributed by atoms with van der Waals surface area (Å²) in [4.78, 5) is 8.14. The third kappa shape index (κ3) is 6.02. The molecule has 5 heterocycles. The van der Waals surface area contributed by atoms with Crippen LogP contribution in [0.1, 0.15) is 126 Å². The van der Waals surface area contributed by atoms with E-state index in [0.29, 0.717) is 11.6 Å². The lowest BCUT2D eigenvalue weighted by Crippen LogP contribution is -2.61. The maximum atomic E-state index is 2.80. The van der Waals surface area contributed by atoms with Gasteiger partial charge in [0, 0.05) is 71.0 Å².